The number of anilines is 2. The molecular weight excluding hydrogens is 404 g/mol. The summed E-state index contributed by atoms with van der Waals surface area (Å²) in [4.78, 5) is 47.9. The summed E-state index contributed by atoms with van der Waals surface area (Å²) in [6.45, 7) is 3.24. The third kappa shape index (κ3) is 4.62. The van der Waals surface area contributed by atoms with E-state index in [0.717, 1.165) is 11.1 Å². The van der Waals surface area contributed by atoms with Crippen LogP contribution in [0.1, 0.15) is 34.8 Å². The Balaban J connectivity index is 1.59. The summed E-state index contributed by atoms with van der Waals surface area (Å²) in [6.07, 6.45) is 1.62. The lowest BCUT2D eigenvalue weighted by Gasteiger charge is -2.20. The van der Waals surface area contributed by atoms with E-state index in [-0.39, 0.29) is 24.7 Å². The van der Waals surface area contributed by atoms with Crippen LogP contribution in [0.25, 0.3) is 0 Å². The lowest BCUT2D eigenvalue weighted by Crippen LogP contribution is -2.39. The largest absolute Gasteiger partial charge is 0.325 e. The Hall–Kier alpha value is -4.13. The first-order valence-electron chi connectivity index (χ1n) is 10.2. The number of carbonyl (C=O) groups is 3. The smallest absolute Gasteiger partial charge is 0.244 e. The van der Waals surface area contributed by atoms with Crippen LogP contribution in [0.2, 0.25) is 0 Å². The molecule has 0 bridgehead atoms. The van der Waals surface area contributed by atoms with E-state index in [1.165, 1.54) is 11.8 Å². The molecule has 1 aromatic heterocycles. The number of amides is 2. The highest BCUT2D eigenvalue weighted by molar-refractivity contribution is 6.18. The van der Waals surface area contributed by atoms with Gasteiger partial charge < -0.3 is 5.32 Å². The number of carbonyl (C=O) groups excluding carboxylic acids is 3. The lowest BCUT2D eigenvalue weighted by atomic mass is 10.1. The average molecular weight is 426 g/mol. The van der Waals surface area contributed by atoms with Gasteiger partial charge in [-0.05, 0) is 43.7 Å². The summed E-state index contributed by atoms with van der Waals surface area (Å²) in [5.74, 6) is -0.418. The van der Waals surface area contributed by atoms with Gasteiger partial charge in [0.1, 0.15) is 12.2 Å². The third-order valence-corrected chi connectivity index (χ3v) is 5.14. The van der Waals surface area contributed by atoms with Gasteiger partial charge in [0, 0.05) is 17.4 Å². The summed E-state index contributed by atoms with van der Waals surface area (Å²) in [6, 6.07) is 18.0. The molecule has 0 saturated heterocycles. The molecule has 160 valence electrons. The van der Waals surface area contributed by atoms with Crippen molar-refractivity contribution in [3.63, 3.8) is 0 Å². The first kappa shape index (κ1) is 21.1. The highest BCUT2D eigenvalue weighted by Gasteiger charge is 2.27. The second-order valence-corrected chi connectivity index (χ2v) is 7.61. The summed E-state index contributed by atoms with van der Waals surface area (Å²) in [7, 11) is 0. The van der Waals surface area contributed by atoms with E-state index in [1.54, 1.807) is 42.6 Å². The number of aryl methyl sites for hydroxylation is 1. The number of nitrogens with zero attached hydrogens (tertiary/aromatic N) is 3. The Morgan fingerprint density at radius 1 is 1.06 bits per heavy atom. The fraction of sp³-hybridized carbons (Fsp3) is 0.160. The van der Waals surface area contributed by atoms with Gasteiger partial charge in [-0.1, -0.05) is 42.0 Å². The van der Waals surface area contributed by atoms with E-state index >= 15 is 0 Å². The van der Waals surface area contributed by atoms with E-state index in [1.807, 2.05) is 31.2 Å². The number of fused-ring (bicyclic) bond motifs is 1. The van der Waals surface area contributed by atoms with Crippen molar-refractivity contribution in [1.29, 1.82) is 0 Å². The number of ketones is 1. The van der Waals surface area contributed by atoms with Gasteiger partial charge >= 0.3 is 0 Å². The number of hydrogen-bond acceptors (Lipinski definition) is 5. The molecule has 0 spiro atoms. The summed E-state index contributed by atoms with van der Waals surface area (Å²) in [5.41, 5.74) is 4.11. The van der Waals surface area contributed by atoms with Gasteiger partial charge in [-0.15, -0.1) is 0 Å². The molecule has 2 heterocycles. The van der Waals surface area contributed by atoms with E-state index in [4.69, 9.17) is 0 Å². The van der Waals surface area contributed by atoms with Crippen molar-refractivity contribution in [2.75, 3.05) is 16.8 Å². The summed E-state index contributed by atoms with van der Waals surface area (Å²) in [5, 5.41) is 2.76. The SMILES string of the molecule is CC(=O)c1cccc(NC(=O)CN2C(=O)CC(c3ccc(C)cc3)=Nc3cccnc32)c1. The van der Waals surface area contributed by atoms with Gasteiger partial charge in [0.2, 0.25) is 11.8 Å². The maximum absolute atomic E-state index is 13.1. The minimum Gasteiger partial charge on any atom is -0.325 e. The first-order chi connectivity index (χ1) is 15.4. The Morgan fingerprint density at radius 3 is 2.59 bits per heavy atom. The van der Waals surface area contributed by atoms with Crippen molar-refractivity contribution >= 4 is 40.5 Å². The van der Waals surface area contributed by atoms with Gasteiger partial charge in [0.25, 0.3) is 0 Å². The van der Waals surface area contributed by atoms with Gasteiger partial charge in [0.05, 0.1) is 12.1 Å². The van der Waals surface area contributed by atoms with Crippen LogP contribution in [0.5, 0.6) is 0 Å². The molecule has 32 heavy (non-hydrogen) atoms. The Morgan fingerprint density at radius 2 is 1.84 bits per heavy atom. The molecule has 0 unspecified atom stereocenters. The number of nitrogens with one attached hydrogen (secondary N) is 1. The monoisotopic (exact) mass is 426 g/mol. The lowest BCUT2D eigenvalue weighted by molar-refractivity contribution is -0.120. The molecule has 1 N–H and O–H groups in total. The standard InChI is InChI=1S/C25H22N4O3/c1-16-8-10-18(11-9-16)22-14-24(32)29(25-21(28-22)7-4-12-26-25)15-23(31)27-20-6-3-5-19(13-20)17(2)30/h3-13H,14-15H2,1-2H3,(H,27,31). The summed E-state index contributed by atoms with van der Waals surface area (Å²) >= 11 is 0. The fourth-order valence-electron chi connectivity index (χ4n) is 3.46. The highest BCUT2D eigenvalue weighted by Crippen LogP contribution is 2.30. The molecule has 4 rings (SSSR count). The maximum atomic E-state index is 13.1. The second kappa shape index (κ2) is 8.93. The van der Waals surface area contributed by atoms with Crippen LogP contribution in [0, 0.1) is 6.92 Å². The number of benzene rings is 2. The molecule has 1 aliphatic rings. The van der Waals surface area contributed by atoms with Gasteiger partial charge in [-0.3, -0.25) is 19.3 Å². The zero-order valence-electron chi connectivity index (χ0n) is 17.8. The molecule has 1 aliphatic heterocycles. The fourth-order valence-corrected chi connectivity index (χ4v) is 3.46. The first-order valence-corrected chi connectivity index (χ1v) is 10.2. The van der Waals surface area contributed by atoms with Crippen LogP contribution in [0.4, 0.5) is 17.2 Å². The molecule has 0 aliphatic carbocycles. The van der Waals surface area contributed by atoms with E-state index in [9.17, 15) is 14.4 Å². The molecule has 0 radical (unpaired) electrons. The zero-order valence-corrected chi connectivity index (χ0v) is 17.8. The zero-order chi connectivity index (χ0) is 22.7. The van der Waals surface area contributed by atoms with Crippen LogP contribution in [-0.4, -0.2) is 34.8 Å². The van der Waals surface area contributed by atoms with E-state index < -0.39 is 5.91 Å². The number of aliphatic imine (C=N–C) groups is 1. The number of Topliss-reactive ketones (excluding diaryl/α,β-unsaturated/α-hetero) is 1. The number of hydrogen-bond donors (Lipinski definition) is 1. The van der Waals surface area contributed by atoms with Gasteiger partial charge in [-0.2, -0.15) is 0 Å². The molecule has 0 atom stereocenters. The molecule has 0 saturated carbocycles. The molecule has 2 amide bonds. The Labute approximate surface area is 185 Å². The van der Waals surface area contributed by atoms with E-state index in [2.05, 4.69) is 15.3 Å². The minimum atomic E-state index is -0.394. The highest BCUT2D eigenvalue weighted by atomic mass is 16.2. The van der Waals surface area contributed by atoms with Crippen molar-refractivity contribution in [3.8, 4) is 0 Å². The van der Waals surface area contributed by atoms with Crippen molar-refractivity contribution in [3.05, 3.63) is 83.6 Å². The normalized spacial score (nSPS) is 13.1. The molecule has 3 aromatic rings. The molecule has 7 nitrogen and oxygen atoms in total. The molecule has 2 aromatic carbocycles. The Kier molecular flexibility index (Phi) is 5.89. The Bertz CT molecular complexity index is 1230. The van der Waals surface area contributed by atoms with Gasteiger partial charge in [-0.25, -0.2) is 9.98 Å². The summed E-state index contributed by atoms with van der Waals surface area (Å²) < 4.78 is 0. The van der Waals surface area contributed by atoms with Crippen molar-refractivity contribution in [1.82, 2.24) is 4.98 Å². The predicted molar refractivity (Wildman–Crippen MR) is 124 cm³/mol. The number of rotatable bonds is 5. The third-order valence-electron chi connectivity index (χ3n) is 5.14. The molecule has 7 heteroatoms. The van der Waals surface area contributed by atoms with Crippen LogP contribution in [0.3, 0.4) is 0 Å². The van der Waals surface area contributed by atoms with Crippen LogP contribution in [-0.2, 0) is 9.59 Å². The van der Waals surface area contributed by atoms with Gasteiger partial charge in [0.15, 0.2) is 11.6 Å². The van der Waals surface area contributed by atoms with E-state index in [0.29, 0.717) is 28.5 Å². The second-order valence-electron chi connectivity index (χ2n) is 7.61. The van der Waals surface area contributed by atoms with Crippen LogP contribution >= 0.6 is 0 Å². The number of aromatic nitrogens is 1. The maximum Gasteiger partial charge on any atom is 0.244 e. The van der Waals surface area contributed by atoms with Crippen molar-refractivity contribution in [2.45, 2.75) is 20.3 Å². The van der Waals surface area contributed by atoms with Crippen LogP contribution in [0.15, 0.2) is 71.9 Å². The van der Waals surface area contributed by atoms with Crippen LogP contribution < -0.4 is 10.2 Å². The minimum absolute atomic E-state index is 0.0481. The molecular formula is C25H22N4O3. The average Bonchev–Trinajstić information content (AvgIpc) is 2.91. The van der Waals surface area contributed by atoms with Crippen molar-refractivity contribution in [2.24, 2.45) is 4.99 Å². The predicted octanol–water partition coefficient (Wildman–Crippen LogP) is 4.09. The topological polar surface area (TPSA) is 91.7 Å². The quantitative estimate of drug-likeness (QED) is 0.622. The van der Waals surface area contributed by atoms with Crippen molar-refractivity contribution < 1.29 is 14.4 Å². The molecule has 0 fully saturated rings. The number of pyridine rings is 1.